The third kappa shape index (κ3) is 7.56. The van der Waals surface area contributed by atoms with Crippen LogP contribution in [0.15, 0.2) is 54.6 Å². The number of amides is 3. The van der Waals surface area contributed by atoms with E-state index in [9.17, 15) is 9.59 Å². The van der Waals surface area contributed by atoms with Gasteiger partial charge < -0.3 is 20.7 Å². The van der Waals surface area contributed by atoms with Crippen molar-refractivity contribution in [2.24, 2.45) is 0 Å². The quantitative estimate of drug-likeness (QED) is 0.634. The molecule has 7 heteroatoms. The Morgan fingerprint density at radius 1 is 0.828 bits per heavy atom. The molecule has 154 valence electrons. The molecule has 0 radical (unpaired) electrons. The number of carbonyl (C=O) groups is 2. The molecule has 0 atom stereocenters. The molecule has 3 N–H and O–H groups in total. The minimum Gasteiger partial charge on any atom is -0.379 e. The normalized spacial score (nSPS) is 14.2. The Hall–Kier alpha value is -2.90. The van der Waals surface area contributed by atoms with Gasteiger partial charge in [-0.05, 0) is 16.7 Å². The van der Waals surface area contributed by atoms with Crippen LogP contribution in [0.1, 0.15) is 16.7 Å². The highest BCUT2D eigenvalue weighted by atomic mass is 16.5. The molecule has 1 aliphatic rings. The van der Waals surface area contributed by atoms with Gasteiger partial charge in [-0.15, -0.1) is 0 Å². The molecule has 3 amide bonds. The summed E-state index contributed by atoms with van der Waals surface area (Å²) in [5.74, 6) is -0.225. The van der Waals surface area contributed by atoms with Crippen molar-refractivity contribution in [1.82, 2.24) is 20.9 Å². The van der Waals surface area contributed by atoms with Crippen molar-refractivity contribution >= 4 is 11.9 Å². The molecule has 0 unspecified atom stereocenters. The van der Waals surface area contributed by atoms with Gasteiger partial charge in [0.2, 0.25) is 5.91 Å². The molecule has 29 heavy (non-hydrogen) atoms. The summed E-state index contributed by atoms with van der Waals surface area (Å²) in [6, 6.07) is 17.5. The number of hydrogen-bond donors (Lipinski definition) is 3. The van der Waals surface area contributed by atoms with Gasteiger partial charge in [0.1, 0.15) is 0 Å². The van der Waals surface area contributed by atoms with Gasteiger partial charge in [-0.2, -0.15) is 0 Å². The first-order valence-corrected chi connectivity index (χ1v) is 9.89. The van der Waals surface area contributed by atoms with E-state index in [4.69, 9.17) is 4.74 Å². The molecule has 0 aliphatic carbocycles. The molecule has 7 nitrogen and oxygen atoms in total. The first kappa shape index (κ1) is 20.8. The summed E-state index contributed by atoms with van der Waals surface area (Å²) in [4.78, 5) is 26.2. The van der Waals surface area contributed by atoms with E-state index in [-0.39, 0.29) is 18.5 Å². The van der Waals surface area contributed by atoms with Crippen molar-refractivity contribution in [3.05, 3.63) is 71.3 Å². The van der Waals surface area contributed by atoms with Crippen LogP contribution in [0, 0.1) is 0 Å². The maximum atomic E-state index is 12.0. The van der Waals surface area contributed by atoms with Crippen LogP contribution in [0.4, 0.5) is 4.79 Å². The zero-order chi connectivity index (χ0) is 20.3. The highest BCUT2D eigenvalue weighted by Gasteiger charge is 2.11. The maximum Gasteiger partial charge on any atom is 0.315 e. The van der Waals surface area contributed by atoms with Crippen molar-refractivity contribution in [3.63, 3.8) is 0 Å². The molecular formula is C22H28N4O3. The van der Waals surface area contributed by atoms with Crippen LogP contribution in [0.5, 0.6) is 0 Å². The van der Waals surface area contributed by atoms with Crippen LogP contribution in [-0.2, 0) is 29.2 Å². The smallest absolute Gasteiger partial charge is 0.315 e. The van der Waals surface area contributed by atoms with Crippen molar-refractivity contribution in [2.45, 2.75) is 19.6 Å². The number of morpholine rings is 1. The third-order valence-electron chi connectivity index (χ3n) is 4.70. The number of benzene rings is 2. The second-order valence-corrected chi connectivity index (χ2v) is 7.01. The average molecular weight is 396 g/mol. The molecule has 1 heterocycles. The summed E-state index contributed by atoms with van der Waals surface area (Å²) < 4.78 is 5.38. The Kier molecular flexibility index (Phi) is 8.03. The Bertz CT molecular complexity index is 792. The molecule has 2 aromatic carbocycles. The number of nitrogens with one attached hydrogen (secondary N) is 3. The van der Waals surface area contributed by atoms with Crippen LogP contribution in [-0.4, -0.2) is 49.7 Å². The second kappa shape index (κ2) is 11.2. The Labute approximate surface area is 171 Å². The predicted molar refractivity (Wildman–Crippen MR) is 111 cm³/mol. The molecule has 1 fully saturated rings. The lowest BCUT2D eigenvalue weighted by Crippen LogP contribution is -2.41. The minimum absolute atomic E-state index is 0.0598. The lowest BCUT2D eigenvalue weighted by Gasteiger charge is -2.26. The van der Waals surface area contributed by atoms with Crippen LogP contribution in [0.2, 0.25) is 0 Å². The van der Waals surface area contributed by atoms with Crippen molar-refractivity contribution in [2.75, 3.05) is 32.8 Å². The summed E-state index contributed by atoms with van der Waals surface area (Å²) in [6.07, 6.45) is 0. The van der Waals surface area contributed by atoms with Gasteiger partial charge in [-0.25, -0.2) is 4.79 Å². The first-order chi connectivity index (χ1) is 14.2. The Morgan fingerprint density at radius 3 is 2.31 bits per heavy atom. The van der Waals surface area contributed by atoms with Crippen molar-refractivity contribution in [3.8, 4) is 0 Å². The van der Waals surface area contributed by atoms with E-state index >= 15 is 0 Å². The first-order valence-electron chi connectivity index (χ1n) is 9.89. The fourth-order valence-electron chi connectivity index (χ4n) is 3.12. The van der Waals surface area contributed by atoms with Gasteiger partial charge in [-0.1, -0.05) is 54.6 Å². The second-order valence-electron chi connectivity index (χ2n) is 7.01. The van der Waals surface area contributed by atoms with E-state index in [1.54, 1.807) is 0 Å². The number of carbonyl (C=O) groups excluding carboxylic acids is 2. The van der Waals surface area contributed by atoms with Gasteiger partial charge >= 0.3 is 6.03 Å². The average Bonchev–Trinajstić information content (AvgIpc) is 2.76. The van der Waals surface area contributed by atoms with E-state index in [1.165, 1.54) is 5.56 Å². The number of ether oxygens (including phenoxy) is 1. The fraction of sp³-hybridized carbons (Fsp3) is 0.364. The van der Waals surface area contributed by atoms with Gasteiger partial charge in [0.25, 0.3) is 0 Å². The topological polar surface area (TPSA) is 82.7 Å². The lowest BCUT2D eigenvalue weighted by atomic mass is 10.1. The van der Waals surface area contributed by atoms with Crippen molar-refractivity contribution < 1.29 is 14.3 Å². The minimum atomic E-state index is -0.363. The van der Waals surface area contributed by atoms with Gasteiger partial charge in [-0.3, -0.25) is 9.69 Å². The third-order valence-corrected chi connectivity index (χ3v) is 4.70. The summed E-state index contributed by atoms with van der Waals surface area (Å²) >= 11 is 0. The van der Waals surface area contributed by atoms with Crippen LogP contribution in [0.3, 0.4) is 0 Å². The molecule has 1 saturated heterocycles. The molecule has 0 bridgehead atoms. The van der Waals surface area contributed by atoms with Gasteiger partial charge in [0, 0.05) is 32.7 Å². The molecule has 0 spiro atoms. The fourth-order valence-corrected chi connectivity index (χ4v) is 3.12. The molecule has 3 rings (SSSR count). The van der Waals surface area contributed by atoms with Gasteiger partial charge in [0.05, 0.1) is 19.8 Å². The van der Waals surface area contributed by atoms with E-state index < -0.39 is 0 Å². The number of urea groups is 1. The number of hydrogen-bond acceptors (Lipinski definition) is 4. The lowest BCUT2D eigenvalue weighted by molar-refractivity contribution is -0.120. The molecule has 0 aromatic heterocycles. The monoisotopic (exact) mass is 396 g/mol. The summed E-state index contributed by atoms with van der Waals surface area (Å²) in [7, 11) is 0. The largest absolute Gasteiger partial charge is 0.379 e. The van der Waals surface area contributed by atoms with Crippen molar-refractivity contribution in [1.29, 1.82) is 0 Å². The Morgan fingerprint density at radius 2 is 1.52 bits per heavy atom. The molecular weight excluding hydrogens is 368 g/mol. The maximum absolute atomic E-state index is 12.0. The van der Waals surface area contributed by atoms with E-state index in [2.05, 4.69) is 33.0 Å². The SMILES string of the molecule is O=C(CNC(=O)NCc1cccc(CN2CCOCC2)c1)NCc1ccccc1. The standard InChI is InChI=1S/C22H28N4O3/c27-21(23-14-18-5-2-1-3-6-18)16-25-22(28)24-15-19-7-4-8-20(13-19)17-26-9-11-29-12-10-26/h1-8,13H,9-12,14-17H2,(H,23,27)(H2,24,25,28). The Balaban J connectivity index is 1.35. The molecule has 1 aliphatic heterocycles. The van der Waals surface area contributed by atoms with E-state index in [1.807, 2.05) is 42.5 Å². The number of nitrogens with zero attached hydrogens (tertiary/aromatic N) is 1. The van der Waals surface area contributed by atoms with E-state index in [0.29, 0.717) is 13.1 Å². The highest BCUT2D eigenvalue weighted by molar-refractivity contribution is 5.83. The molecule has 2 aromatic rings. The predicted octanol–water partition coefficient (Wildman–Crippen LogP) is 1.63. The summed E-state index contributed by atoms with van der Waals surface area (Å²) in [5, 5.41) is 8.16. The summed E-state index contributed by atoms with van der Waals surface area (Å²) in [6.45, 7) is 5.11. The zero-order valence-corrected chi connectivity index (χ0v) is 16.5. The zero-order valence-electron chi connectivity index (χ0n) is 16.5. The summed E-state index contributed by atoms with van der Waals surface area (Å²) in [5.41, 5.74) is 3.26. The van der Waals surface area contributed by atoms with Crippen LogP contribution in [0.25, 0.3) is 0 Å². The highest BCUT2D eigenvalue weighted by Crippen LogP contribution is 2.10. The van der Waals surface area contributed by atoms with Crippen LogP contribution >= 0.6 is 0 Å². The number of rotatable bonds is 8. The van der Waals surface area contributed by atoms with Gasteiger partial charge in [0.15, 0.2) is 0 Å². The molecule has 0 saturated carbocycles. The van der Waals surface area contributed by atoms with E-state index in [0.717, 1.165) is 44.0 Å². The van der Waals surface area contributed by atoms with Crippen LogP contribution < -0.4 is 16.0 Å².